The van der Waals surface area contributed by atoms with E-state index in [-0.39, 0.29) is 6.61 Å². The van der Waals surface area contributed by atoms with Crippen molar-refractivity contribution in [3.63, 3.8) is 0 Å². The van der Waals surface area contributed by atoms with Crippen LogP contribution in [0.3, 0.4) is 0 Å². The highest BCUT2D eigenvalue weighted by molar-refractivity contribution is 7.92. The predicted octanol–water partition coefficient (Wildman–Crippen LogP) is 2.63. The number of anilines is 1. The number of hydrazone groups is 1. The number of hydrogen-bond acceptors (Lipinski definition) is 6. The van der Waals surface area contributed by atoms with Crippen molar-refractivity contribution in [2.75, 3.05) is 23.7 Å². The fourth-order valence-electron chi connectivity index (χ4n) is 2.54. The molecule has 1 N–H and O–H groups in total. The molecule has 0 atom stereocenters. The zero-order chi connectivity index (χ0) is 22.1. The van der Waals surface area contributed by atoms with E-state index in [1.807, 2.05) is 32.0 Å². The zero-order valence-electron chi connectivity index (χ0n) is 17.1. The van der Waals surface area contributed by atoms with E-state index in [9.17, 15) is 13.2 Å². The Kier molecular flexibility index (Phi) is 7.95. The Hall–Kier alpha value is -3.38. The molecule has 2 aromatic rings. The molecule has 0 aliphatic carbocycles. The lowest BCUT2D eigenvalue weighted by molar-refractivity contribution is -0.119. The average molecular weight is 429 g/mol. The van der Waals surface area contributed by atoms with Crippen molar-refractivity contribution in [1.29, 1.82) is 5.26 Å². The standard InChI is InChI=1S/C21H24N4O4S/c1-16(2)18-6-8-19(9-7-18)25(30(3,27)28)15-21(26)24-23-14-17-4-10-20(11-5-17)29-13-12-22/h4-11,14,16H,13,15H2,1-3H3,(H,24,26)/b23-14-. The maximum absolute atomic E-state index is 12.2. The van der Waals surface area contributed by atoms with E-state index >= 15 is 0 Å². The number of nitrogens with zero attached hydrogens (tertiary/aromatic N) is 3. The maximum atomic E-state index is 12.2. The van der Waals surface area contributed by atoms with Crippen LogP contribution >= 0.6 is 0 Å². The fraction of sp³-hybridized carbons (Fsp3) is 0.286. The summed E-state index contributed by atoms with van der Waals surface area (Å²) in [5.74, 6) is 0.291. The molecule has 0 aliphatic heterocycles. The van der Waals surface area contributed by atoms with Crippen LogP contribution in [-0.2, 0) is 14.8 Å². The molecule has 30 heavy (non-hydrogen) atoms. The van der Waals surface area contributed by atoms with E-state index in [4.69, 9.17) is 10.00 Å². The van der Waals surface area contributed by atoms with Crippen LogP contribution in [0.15, 0.2) is 53.6 Å². The lowest BCUT2D eigenvalue weighted by Gasteiger charge is -2.21. The Labute approximate surface area is 176 Å². The van der Waals surface area contributed by atoms with Gasteiger partial charge in [-0.15, -0.1) is 0 Å². The Bertz CT molecular complexity index is 1020. The van der Waals surface area contributed by atoms with Crippen molar-refractivity contribution in [3.8, 4) is 11.8 Å². The largest absolute Gasteiger partial charge is 0.479 e. The molecule has 0 aliphatic rings. The molecule has 8 nitrogen and oxygen atoms in total. The van der Waals surface area contributed by atoms with Gasteiger partial charge >= 0.3 is 0 Å². The van der Waals surface area contributed by atoms with Crippen molar-refractivity contribution >= 4 is 27.8 Å². The topological polar surface area (TPSA) is 112 Å². The Morgan fingerprint density at radius 3 is 2.37 bits per heavy atom. The first-order valence-electron chi connectivity index (χ1n) is 9.20. The molecule has 2 rings (SSSR count). The van der Waals surface area contributed by atoms with E-state index in [2.05, 4.69) is 10.5 Å². The minimum atomic E-state index is -3.65. The number of carbonyl (C=O) groups is 1. The molecule has 0 heterocycles. The molecule has 9 heteroatoms. The Balaban J connectivity index is 2.01. The number of amides is 1. The van der Waals surface area contributed by atoms with Gasteiger partial charge in [-0.25, -0.2) is 13.8 Å². The van der Waals surface area contributed by atoms with Crippen LogP contribution in [0.5, 0.6) is 5.75 Å². The molecule has 0 fully saturated rings. The van der Waals surface area contributed by atoms with Gasteiger partial charge in [-0.2, -0.15) is 10.4 Å². The van der Waals surface area contributed by atoms with E-state index < -0.39 is 22.5 Å². The van der Waals surface area contributed by atoms with E-state index in [1.54, 1.807) is 36.4 Å². The molecule has 158 valence electrons. The molecular formula is C21H24N4O4S. The van der Waals surface area contributed by atoms with Gasteiger partial charge < -0.3 is 4.74 Å². The second-order valence-corrected chi connectivity index (χ2v) is 8.73. The Morgan fingerprint density at radius 1 is 1.20 bits per heavy atom. The summed E-state index contributed by atoms with van der Waals surface area (Å²) in [6, 6.07) is 15.7. The van der Waals surface area contributed by atoms with E-state index in [0.717, 1.165) is 16.1 Å². The van der Waals surface area contributed by atoms with Crippen LogP contribution in [0.2, 0.25) is 0 Å². The van der Waals surface area contributed by atoms with Crippen molar-refractivity contribution in [2.45, 2.75) is 19.8 Å². The molecule has 0 aromatic heterocycles. The summed E-state index contributed by atoms with van der Waals surface area (Å²) in [5, 5.41) is 12.4. The smallest absolute Gasteiger partial charge is 0.260 e. The van der Waals surface area contributed by atoms with Gasteiger partial charge in [0, 0.05) is 0 Å². The number of nitriles is 1. The number of ether oxygens (including phenoxy) is 1. The lowest BCUT2D eigenvalue weighted by atomic mass is 10.0. The second kappa shape index (κ2) is 10.4. The monoisotopic (exact) mass is 428 g/mol. The molecule has 0 bridgehead atoms. The van der Waals surface area contributed by atoms with Crippen LogP contribution in [0.25, 0.3) is 0 Å². The number of sulfonamides is 1. The first-order chi connectivity index (χ1) is 14.2. The second-order valence-electron chi connectivity index (χ2n) is 6.82. The SMILES string of the molecule is CC(C)c1ccc(N(CC(=O)N/N=C\c2ccc(OCC#N)cc2)S(C)(=O)=O)cc1. The van der Waals surface area contributed by atoms with Gasteiger partial charge in [0.2, 0.25) is 10.0 Å². The molecule has 0 spiro atoms. The molecular weight excluding hydrogens is 404 g/mol. The summed E-state index contributed by atoms with van der Waals surface area (Å²) in [6.07, 6.45) is 2.48. The van der Waals surface area contributed by atoms with Gasteiger partial charge in [-0.05, 0) is 53.4 Å². The van der Waals surface area contributed by atoms with Gasteiger partial charge in [0.15, 0.2) is 6.61 Å². The van der Waals surface area contributed by atoms with Crippen molar-refractivity contribution in [1.82, 2.24) is 5.43 Å². The highest BCUT2D eigenvalue weighted by atomic mass is 32.2. The summed E-state index contributed by atoms with van der Waals surface area (Å²) < 4.78 is 30.5. The maximum Gasteiger partial charge on any atom is 0.260 e. The number of benzene rings is 2. The molecule has 0 saturated carbocycles. The summed E-state index contributed by atoms with van der Waals surface area (Å²) >= 11 is 0. The molecule has 2 aromatic carbocycles. The summed E-state index contributed by atoms with van der Waals surface area (Å²) in [6.45, 7) is 3.65. The minimum absolute atomic E-state index is 0.0411. The third kappa shape index (κ3) is 6.90. The molecule has 0 unspecified atom stereocenters. The van der Waals surface area contributed by atoms with Gasteiger partial charge in [0.1, 0.15) is 18.4 Å². The summed E-state index contributed by atoms with van der Waals surface area (Å²) in [4.78, 5) is 12.2. The predicted molar refractivity (Wildman–Crippen MR) is 116 cm³/mol. The minimum Gasteiger partial charge on any atom is -0.479 e. The van der Waals surface area contributed by atoms with E-state index in [1.165, 1.54) is 6.21 Å². The fourth-order valence-corrected chi connectivity index (χ4v) is 3.39. The highest BCUT2D eigenvalue weighted by Crippen LogP contribution is 2.21. The lowest BCUT2D eigenvalue weighted by Crippen LogP contribution is -2.39. The average Bonchev–Trinajstić information content (AvgIpc) is 2.70. The van der Waals surface area contributed by atoms with Crippen LogP contribution < -0.4 is 14.5 Å². The van der Waals surface area contributed by atoms with Crippen molar-refractivity contribution in [3.05, 3.63) is 59.7 Å². The van der Waals surface area contributed by atoms with Gasteiger partial charge in [-0.3, -0.25) is 9.10 Å². The van der Waals surface area contributed by atoms with Crippen LogP contribution in [0, 0.1) is 11.3 Å². The van der Waals surface area contributed by atoms with E-state index in [0.29, 0.717) is 22.9 Å². The Morgan fingerprint density at radius 2 is 1.83 bits per heavy atom. The number of rotatable bonds is 9. The number of hydrogen-bond donors (Lipinski definition) is 1. The van der Waals surface area contributed by atoms with Crippen LogP contribution in [0.1, 0.15) is 30.9 Å². The zero-order valence-corrected chi connectivity index (χ0v) is 17.9. The van der Waals surface area contributed by atoms with Gasteiger partial charge in [0.05, 0.1) is 18.2 Å². The van der Waals surface area contributed by atoms with Crippen molar-refractivity contribution in [2.24, 2.45) is 5.10 Å². The summed E-state index contributed by atoms with van der Waals surface area (Å²) in [7, 11) is -3.65. The number of carbonyl (C=O) groups excluding carboxylic acids is 1. The first kappa shape index (κ1) is 22.9. The quantitative estimate of drug-likeness (QED) is 0.487. The van der Waals surface area contributed by atoms with Crippen molar-refractivity contribution < 1.29 is 17.9 Å². The first-order valence-corrected chi connectivity index (χ1v) is 11.0. The van der Waals surface area contributed by atoms with Crippen LogP contribution in [0.4, 0.5) is 5.69 Å². The molecule has 1 amide bonds. The third-order valence-corrected chi connectivity index (χ3v) is 5.26. The molecule has 0 radical (unpaired) electrons. The number of nitrogens with one attached hydrogen (secondary N) is 1. The molecule has 0 saturated heterocycles. The normalized spacial score (nSPS) is 11.3. The third-order valence-electron chi connectivity index (χ3n) is 4.12. The summed E-state index contributed by atoms with van der Waals surface area (Å²) in [5.41, 5.74) is 4.52. The van der Waals surface area contributed by atoms with Gasteiger partial charge in [0.25, 0.3) is 5.91 Å². The highest BCUT2D eigenvalue weighted by Gasteiger charge is 2.20. The van der Waals surface area contributed by atoms with Gasteiger partial charge in [-0.1, -0.05) is 26.0 Å². The van der Waals surface area contributed by atoms with Crippen LogP contribution in [-0.4, -0.2) is 39.9 Å².